The average Bonchev–Trinajstić information content (AvgIpc) is 2.87. The fraction of sp³-hybridized carbons (Fsp3) is 0.400. The molecule has 0 unspecified atom stereocenters. The number of ether oxygens (including phenoxy) is 1. The predicted molar refractivity (Wildman–Crippen MR) is 48.5 cm³/mol. The highest BCUT2D eigenvalue weighted by Gasteiger charge is 2.20. The molecular formula is C10H13NO. The minimum absolute atomic E-state index is 0.486. The summed E-state index contributed by atoms with van der Waals surface area (Å²) < 4.78 is 5.11. The van der Waals surface area contributed by atoms with Crippen molar-refractivity contribution >= 4 is 0 Å². The third-order valence-corrected chi connectivity index (χ3v) is 2.00. The Morgan fingerprint density at radius 2 is 2.50 bits per heavy atom. The van der Waals surface area contributed by atoms with Gasteiger partial charge in [-0.1, -0.05) is 12.2 Å². The molecule has 12 heavy (non-hydrogen) atoms. The lowest BCUT2D eigenvalue weighted by atomic mass is 10.2. The van der Waals surface area contributed by atoms with E-state index in [2.05, 4.69) is 30.5 Å². The zero-order valence-corrected chi connectivity index (χ0v) is 7.21. The molecule has 2 nitrogen and oxygen atoms in total. The number of nitrogens with one attached hydrogen (secondary N) is 1. The van der Waals surface area contributed by atoms with Gasteiger partial charge in [-0.25, -0.2) is 0 Å². The largest absolute Gasteiger partial charge is 0.373 e. The molecule has 2 heteroatoms. The van der Waals surface area contributed by atoms with Gasteiger partial charge in [0.2, 0.25) is 0 Å². The second kappa shape index (κ2) is 3.15. The Morgan fingerprint density at radius 1 is 1.67 bits per heavy atom. The van der Waals surface area contributed by atoms with Gasteiger partial charge in [0.25, 0.3) is 0 Å². The lowest BCUT2D eigenvalue weighted by molar-refractivity contribution is 0.410. The first-order chi connectivity index (χ1) is 5.84. The van der Waals surface area contributed by atoms with Gasteiger partial charge in [-0.05, 0) is 25.0 Å². The first kappa shape index (κ1) is 7.62. The van der Waals surface area contributed by atoms with E-state index in [0.29, 0.717) is 6.10 Å². The predicted octanol–water partition coefficient (Wildman–Crippen LogP) is 1.72. The van der Waals surface area contributed by atoms with Crippen molar-refractivity contribution in [2.24, 2.45) is 0 Å². The molecule has 0 spiro atoms. The fourth-order valence-electron chi connectivity index (χ4n) is 1.10. The summed E-state index contributed by atoms with van der Waals surface area (Å²) in [7, 11) is 0. The number of allylic oxidation sites excluding steroid dienone is 3. The minimum atomic E-state index is 0.486. The molecule has 0 saturated carbocycles. The Hall–Kier alpha value is -1.02. The van der Waals surface area contributed by atoms with Crippen LogP contribution in [0.4, 0.5) is 0 Å². The number of epoxide rings is 1. The molecule has 2 heterocycles. The lowest BCUT2D eigenvalue weighted by Crippen LogP contribution is -2.07. The van der Waals surface area contributed by atoms with Crippen molar-refractivity contribution in [1.82, 2.24) is 5.32 Å². The van der Waals surface area contributed by atoms with Crippen LogP contribution in [0, 0.1) is 0 Å². The van der Waals surface area contributed by atoms with E-state index in [9.17, 15) is 0 Å². The zero-order chi connectivity index (χ0) is 8.39. The van der Waals surface area contributed by atoms with Crippen LogP contribution in [-0.4, -0.2) is 12.7 Å². The van der Waals surface area contributed by atoms with Crippen LogP contribution in [-0.2, 0) is 4.74 Å². The minimum Gasteiger partial charge on any atom is -0.373 e. The van der Waals surface area contributed by atoms with Gasteiger partial charge in [0, 0.05) is 11.9 Å². The maximum absolute atomic E-state index is 5.11. The monoisotopic (exact) mass is 163 g/mol. The number of dihydropyridines is 1. The highest BCUT2D eigenvalue weighted by molar-refractivity contribution is 5.32. The van der Waals surface area contributed by atoms with Gasteiger partial charge in [-0.2, -0.15) is 0 Å². The number of hydrogen-bond donors (Lipinski definition) is 1. The van der Waals surface area contributed by atoms with Crippen molar-refractivity contribution < 1.29 is 4.74 Å². The molecule has 0 aromatic rings. The number of hydrogen-bond acceptors (Lipinski definition) is 2. The van der Waals surface area contributed by atoms with Crippen LogP contribution in [0.25, 0.3) is 0 Å². The highest BCUT2D eigenvalue weighted by atomic mass is 16.6. The van der Waals surface area contributed by atoms with Crippen molar-refractivity contribution in [3.63, 3.8) is 0 Å². The molecule has 64 valence electrons. The van der Waals surface area contributed by atoms with Crippen LogP contribution in [0.15, 0.2) is 35.7 Å². The average molecular weight is 163 g/mol. The first-order valence-electron chi connectivity index (χ1n) is 4.28. The van der Waals surface area contributed by atoms with E-state index in [0.717, 1.165) is 13.0 Å². The van der Waals surface area contributed by atoms with Gasteiger partial charge in [-0.3, -0.25) is 0 Å². The van der Waals surface area contributed by atoms with E-state index in [4.69, 9.17) is 4.74 Å². The molecular weight excluding hydrogens is 150 g/mol. The van der Waals surface area contributed by atoms with Crippen LogP contribution in [0.2, 0.25) is 0 Å². The first-order valence-corrected chi connectivity index (χ1v) is 4.28. The van der Waals surface area contributed by atoms with Gasteiger partial charge in [0.05, 0.1) is 12.7 Å². The molecule has 0 amide bonds. The quantitative estimate of drug-likeness (QED) is 0.627. The summed E-state index contributed by atoms with van der Waals surface area (Å²) in [6, 6.07) is 0. The third kappa shape index (κ3) is 1.98. The van der Waals surface area contributed by atoms with Gasteiger partial charge in [0.1, 0.15) is 0 Å². The van der Waals surface area contributed by atoms with Crippen molar-refractivity contribution in [2.45, 2.75) is 19.4 Å². The van der Waals surface area contributed by atoms with E-state index in [1.165, 1.54) is 11.3 Å². The van der Waals surface area contributed by atoms with Crippen LogP contribution in [0.5, 0.6) is 0 Å². The topological polar surface area (TPSA) is 24.6 Å². The summed E-state index contributed by atoms with van der Waals surface area (Å²) in [5.74, 6) is 0. The van der Waals surface area contributed by atoms with Crippen LogP contribution >= 0.6 is 0 Å². The van der Waals surface area contributed by atoms with Crippen LogP contribution < -0.4 is 5.32 Å². The Bertz CT molecular complexity index is 259. The summed E-state index contributed by atoms with van der Waals surface area (Å²) in [6.07, 6.45) is 9.91. The molecule has 1 N–H and O–H groups in total. The van der Waals surface area contributed by atoms with E-state index in [-0.39, 0.29) is 0 Å². The maximum Gasteiger partial charge on any atom is 0.0845 e. The van der Waals surface area contributed by atoms with Crippen LogP contribution in [0.1, 0.15) is 13.3 Å². The van der Waals surface area contributed by atoms with Crippen molar-refractivity contribution in [1.29, 1.82) is 0 Å². The molecule has 1 atom stereocenters. The highest BCUT2D eigenvalue weighted by Crippen LogP contribution is 2.15. The summed E-state index contributed by atoms with van der Waals surface area (Å²) in [6.45, 7) is 3.01. The lowest BCUT2D eigenvalue weighted by Gasteiger charge is -2.07. The fourth-order valence-corrected chi connectivity index (χ4v) is 1.10. The maximum atomic E-state index is 5.11. The normalized spacial score (nSPS) is 29.9. The van der Waals surface area contributed by atoms with Crippen LogP contribution in [0.3, 0.4) is 0 Å². The molecule has 2 aliphatic rings. The molecule has 2 rings (SSSR count). The molecule has 0 aromatic heterocycles. The second-order valence-corrected chi connectivity index (χ2v) is 3.22. The van der Waals surface area contributed by atoms with E-state index < -0.39 is 0 Å². The summed E-state index contributed by atoms with van der Waals surface area (Å²) in [5, 5.41) is 3.21. The van der Waals surface area contributed by atoms with Gasteiger partial charge in [-0.15, -0.1) is 0 Å². The third-order valence-electron chi connectivity index (χ3n) is 2.00. The molecule has 0 bridgehead atoms. The molecule has 0 aromatic carbocycles. The van der Waals surface area contributed by atoms with Gasteiger partial charge >= 0.3 is 0 Å². The Balaban J connectivity index is 1.89. The Kier molecular flexibility index (Phi) is 2.00. The van der Waals surface area contributed by atoms with Crippen molar-refractivity contribution in [2.75, 3.05) is 6.61 Å². The van der Waals surface area contributed by atoms with Gasteiger partial charge in [0.15, 0.2) is 0 Å². The SMILES string of the molecule is CC1=CN/C(=C/C[C@H]2CO2)C=C1. The molecule has 1 fully saturated rings. The number of rotatable bonds is 2. The van der Waals surface area contributed by atoms with Crippen molar-refractivity contribution in [3.8, 4) is 0 Å². The molecule has 0 radical (unpaired) electrons. The summed E-state index contributed by atoms with van der Waals surface area (Å²) >= 11 is 0. The van der Waals surface area contributed by atoms with Gasteiger partial charge < -0.3 is 10.1 Å². The van der Waals surface area contributed by atoms with E-state index in [1.54, 1.807) is 0 Å². The molecule has 0 aliphatic carbocycles. The Labute approximate surface area is 72.6 Å². The summed E-state index contributed by atoms with van der Waals surface area (Å²) in [5.41, 5.74) is 2.44. The second-order valence-electron chi connectivity index (χ2n) is 3.22. The standard InChI is InChI=1S/C10H13NO/c1-8-2-3-9(11-6-8)4-5-10-7-12-10/h2-4,6,10-11H,5,7H2,1H3/b9-4+/t10-/m0/s1. The molecule has 2 aliphatic heterocycles. The van der Waals surface area contributed by atoms with E-state index in [1.807, 2.05) is 6.20 Å². The van der Waals surface area contributed by atoms with E-state index >= 15 is 0 Å². The Morgan fingerprint density at radius 3 is 3.08 bits per heavy atom. The summed E-state index contributed by atoms with van der Waals surface area (Å²) in [4.78, 5) is 0. The van der Waals surface area contributed by atoms with Crippen molar-refractivity contribution in [3.05, 3.63) is 35.7 Å². The smallest absolute Gasteiger partial charge is 0.0845 e. The molecule has 1 saturated heterocycles. The zero-order valence-electron chi connectivity index (χ0n) is 7.21.